The molecule has 0 saturated heterocycles. The predicted octanol–water partition coefficient (Wildman–Crippen LogP) is 2.20. The Morgan fingerprint density at radius 3 is 2.92 bits per heavy atom. The maximum absolute atomic E-state index is 12.9. The Balaban J connectivity index is 2.68. The minimum Gasteiger partial charge on any atom is -0.396 e. The van der Waals surface area contributed by atoms with E-state index >= 15 is 0 Å². The molecule has 0 unspecified atom stereocenters. The summed E-state index contributed by atoms with van der Waals surface area (Å²) in [6.07, 6.45) is 1.36. The van der Waals surface area contributed by atoms with Crippen LogP contribution in [-0.2, 0) is 4.84 Å². The SMILES string of the molecule is CCO/N=C/c1ccccc1F. The Kier molecular flexibility index (Phi) is 3.26. The fourth-order valence-corrected chi connectivity index (χ4v) is 0.748. The van der Waals surface area contributed by atoms with Crippen LogP contribution in [0.2, 0.25) is 0 Å². The van der Waals surface area contributed by atoms with Gasteiger partial charge in [0, 0.05) is 5.56 Å². The molecule has 0 heterocycles. The van der Waals surface area contributed by atoms with E-state index < -0.39 is 0 Å². The first kappa shape index (κ1) is 8.71. The molecule has 12 heavy (non-hydrogen) atoms. The standard InChI is InChI=1S/C9H10FNO/c1-2-12-11-7-8-5-3-4-6-9(8)10/h3-7H,2H2,1H3/b11-7+. The van der Waals surface area contributed by atoms with Crippen LogP contribution < -0.4 is 0 Å². The Bertz CT molecular complexity index is 273. The second-order valence-corrected chi connectivity index (χ2v) is 2.17. The molecular formula is C9H10FNO. The van der Waals surface area contributed by atoms with E-state index in [0.717, 1.165) is 0 Å². The fraction of sp³-hybridized carbons (Fsp3) is 0.222. The molecule has 0 radical (unpaired) electrons. The number of hydrogen-bond acceptors (Lipinski definition) is 2. The third-order valence-electron chi connectivity index (χ3n) is 1.30. The number of nitrogens with zero attached hydrogens (tertiary/aromatic N) is 1. The lowest BCUT2D eigenvalue weighted by Crippen LogP contribution is -1.88. The summed E-state index contributed by atoms with van der Waals surface area (Å²) in [7, 11) is 0. The van der Waals surface area contributed by atoms with Crippen molar-refractivity contribution < 1.29 is 9.23 Å². The Morgan fingerprint density at radius 2 is 2.25 bits per heavy atom. The molecule has 2 nitrogen and oxygen atoms in total. The average molecular weight is 167 g/mol. The number of benzene rings is 1. The van der Waals surface area contributed by atoms with Gasteiger partial charge in [0.15, 0.2) is 0 Å². The van der Waals surface area contributed by atoms with Gasteiger partial charge < -0.3 is 4.84 Å². The zero-order valence-corrected chi connectivity index (χ0v) is 6.83. The van der Waals surface area contributed by atoms with E-state index in [1.807, 2.05) is 6.92 Å². The zero-order valence-electron chi connectivity index (χ0n) is 6.83. The number of halogens is 1. The fourth-order valence-electron chi connectivity index (χ4n) is 0.748. The molecule has 1 aromatic rings. The highest BCUT2D eigenvalue weighted by molar-refractivity contribution is 5.79. The van der Waals surface area contributed by atoms with Crippen molar-refractivity contribution in [1.82, 2.24) is 0 Å². The van der Waals surface area contributed by atoms with E-state index in [9.17, 15) is 4.39 Å². The topological polar surface area (TPSA) is 21.6 Å². The van der Waals surface area contributed by atoms with Gasteiger partial charge >= 0.3 is 0 Å². The van der Waals surface area contributed by atoms with Gasteiger partial charge in [-0.3, -0.25) is 0 Å². The van der Waals surface area contributed by atoms with Crippen LogP contribution in [0.5, 0.6) is 0 Å². The maximum Gasteiger partial charge on any atom is 0.132 e. The van der Waals surface area contributed by atoms with Gasteiger partial charge in [0.05, 0.1) is 6.21 Å². The molecule has 0 bridgehead atoms. The Hall–Kier alpha value is -1.38. The van der Waals surface area contributed by atoms with Gasteiger partial charge in [-0.25, -0.2) is 4.39 Å². The molecule has 0 saturated carbocycles. The molecule has 0 amide bonds. The van der Waals surface area contributed by atoms with Crippen LogP contribution in [0.15, 0.2) is 29.4 Å². The number of hydrogen-bond donors (Lipinski definition) is 0. The van der Waals surface area contributed by atoms with E-state index in [0.29, 0.717) is 12.2 Å². The van der Waals surface area contributed by atoms with Gasteiger partial charge in [0.2, 0.25) is 0 Å². The van der Waals surface area contributed by atoms with Gasteiger partial charge in [-0.15, -0.1) is 0 Å². The van der Waals surface area contributed by atoms with Crippen LogP contribution in [0.4, 0.5) is 4.39 Å². The molecule has 0 aromatic heterocycles. The predicted molar refractivity (Wildman–Crippen MR) is 45.6 cm³/mol. The van der Waals surface area contributed by atoms with Crippen molar-refractivity contribution >= 4 is 6.21 Å². The second-order valence-electron chi connectivity index (χ2n) is 2.17. The molecule has 0 aliphatic rings. The minimum absolute atomic E-state index is 0.291. The van der Waals surface area contributed by atoms with Crippen molar-refractivity contribution in [3.63, 3.8) is 0 Å². The summed E-state index contributed by atoms with van der Waals surface area (Å²) in [5, 5.41) is 3.56. The summed E-state index contributed by atoms with van der Waals surface area (Å²) in [4.78, 5) is 4.70. The summed E-state index contributed by atoms with van der Waals surface area (Å²) in [6, 6.07) is 6.40. The van der Waals surface area contributed by atoms with E-state index in [2.05, 4.69) is 5.16 Å². The van der Waals surface area contributed by atoms with Crippen LogP contribution in [0, 0.1) is 5.82 Å². The molecule has 1 aromatic carbocycles. The summed E-state index contributed by atoms with van der Waals surface area (Å²) < 4.78 is 12.9. The summed E-state index contributed by atoms with van der Waals surface area (Å²) >= 11 is 0. The van der Waals surface area contributed by atoms with Crippen LogP contribution in [0.1, 0.15) is 12.5 Å². The number of oxime groups is 1. The maximum atomic E-state index is 12.9. The largest absolute Gasteiger partial charge is 0.396 e. The average Bonchev–Trinajstić information content (AvgIpc) is 2.09. The minimum atomic E-state index is -0.291. The van der Waals surface area contributed by atoms with Crippen molar-refractivity contribution in [3.8, 4) is 0 Å². The van der Waals surface area contributed by atoms with Crippen LogP contribution in [-0.4, -0.2) is 12.8 Å². The van der Waals surface area contributed by atoms with E-state index in [1.165, 1.54) is 12.3 Å². The van der Waals surface area contributed by atoms with Crippen LogP contribution in [0.25, 0.3) is 0 Å². The first-order chi connectivity index (χ1) is 5.84. The molecule has 0 N–H and O–H groups in total. The first-order valence-corrected chi connectivity index (χ1v) is 3.74. The molecule has 64 valence electrons. The molecule has 3 heteroatoms. The van der Waals surface area contributed by atoms with Gasteiger partial charge in [0.1, 0.15) is 12.4 Å². The van der Waals surface area contributed by atoms with Crippen LogP contribution >= 0.6 is 0 Å². The molecule has 0 spiro atoms. The van der Waals surface area contributed by atoms with Crippen molar-refractivity contribution in [3.05, 3.63) is 35.6 Å². The van der Waals surface area contributed by atoms with Gasteiger partial charge in [-0.1, -0.05) is 23.4 Å². The Morgan fingerprint density at radius 1 is 1.50 bits per heavy atom. The zero-order chi connectivity index (χ0) is 8.81. The Labute approximate surface area is 70.7 Å². The summed E-state index contributed by atoms with van der Waals surface area (Å²) in [5.74, 6) is -0.291. The van der Waals surface area contributed by atoms with Crippen molar-refractivity contribution in [2.75, 3.05) is 6.61 Å². The first-order valence-electron chi connectivity index (χ1n) is 3.74. The highest BCUT2D eigenvalue weighted by Crippen LogP contribution is 2.02. The summed E-state index contributed by atoms with van der Waals surface area (Å²) in [6.45, 7) is 2.31. The molecule has 0 aliphatic carbocycles. The molecule has 1 rings (SSSR count). The molecule has 0 atom stereocenters. The normalized spacial score (nSPS) is 10.5. The highest BCUT2D eigenvalue weighted by Gasteiger charge is 1.94. The molecule has 0 aliphatic heterocycles. The third-order valence-corrected chi connectivity index (χ3v) is 1.30. The lowest BCUT2D eigenvalue weighted by molar-refractivity contribution is 0.160. The quantitative estimate of drug-likeness (QED) is 0.499. The number of rotatable bonds is 3. The van der Waals surface area contributed by atoms with Gasteiger partial charge in [0.25, 0.3) is 0 Å². The van der Waals surface area contributed by atoms with Crippen molar-refractivity contribution in [1.29, 1.82) is 0 Å². The van der Waals surface area contributed by atoms with Crippen molar-refractivity contribution in [2.24, 2.45) is 5.16 Å². The smallest absolute Gasteiger partial charge is 0.132 e. The highest BCUT2D eigenvalue weighted by atomic mass is 19.1. The van der Waals surface area contributed by atoms with Gasteiger partial charge in [-0.2, -0.15) is 0 Å². The lowest BCUT2D eigenvalue weighted by Gasteiger charge is -1.94. The molecular weight excluding hydrogens is 157 g/mol. The van der Waals surface area contributed by atoms with E-state index in [4.69, 9.17) is 4.84 Å². The van der Waals surface area contributed by atoms with E-state index in [-0.39, 0.29) is 5.82 Å². The second kappa shape index (κ2) is 4.49. The third kappa shape index (κ3) is 2.34. The monoisotopic (exact) mass is 167 g/mol. The molecule has 0 fully saturated rings. The van der Waals surface area contributed by atoms with Crippen LogP contribution in [0.3, 0.4) is 0 Å². The van der Waals surface area contributed by atoms with Gasteiger partial charge in [-0.05, 0) is 13.0 Å². The lowest BCUT2D eigenvalue weighted by atomic mass is 10.2. The van der Waals surface area contributed by atoms with E-state index in [1.54, 1.807) is 18.2 Å². The van der Waals surface area contributed by atoms with Crippen molar-refractivity contribution in [2.45, 2.75) is 6.92 Å². The summed E-state index contributed by atoms with van der Waals surface area (Å²) in [5.41, 5.74) is 0.436.